The summed E-state index contributed by atoms with van der Waals surface area (Å²) in [4.78, 5) is 35.4. The molecule has 6 nitrogen and oxygen atoms in total. The van der Waals surface area contributed by atoms with Crippen molar-refractivity contribution in [2.75, 3.05) is 5.32 Å². The predicted molar refractivity (Wildman–Crippen MR) is 123 cm³/mol. The highest BCUT2D eigenvalue weighted by Gasteiger charge is 2.24. The number of urea groups is 1. The lowest BCUT2D eigenvalue weighted by molar-refractivity contribution is -0.115. The molecule has 7 heteroatoms. The van der Waals surface area contributed by atoms with E-state index in [-0.39, 0.29) is 17.2 Å². The molecule has 154 valence electrons. The second-order valence-electron chi connectivity index (χ2n) is 6.85. The third-order valence-corrected chi connectivity index (χ3v) is 5.41. The molecule has 31 heavy (non-hydrogen) atoms. The Labute approximate surface area is 183 Å². The third-order valence-electron chi connectivity index (χ3n) is 4.60. The minimum absolute atomic E-state index is 0.263. The number of benzene rings is 3. The molecule has 3 N–H and O–H groups in total. The van der Waals surface area contributed by atoms with Crippen LogP contribution >= 0.6 is 11.8 Å². The molecule has 0 radical (unpaired) electrons. The van der Waals surface area contributed by atoms with Gasteiger partial charge in [0, 0.05) is 12.2 Å². The Balaban J connectivity index is 1.40. The van der Waals surface area contributed by atoms with Gasteiger partial charge in [-0.05, 0) is 58.3 Å². The summed E-state index contributed by atoms with van der Waals surface area (Å²) in [7, 11) is 0. The zero-order valence-electron chi connectivity index (χ0n) is 16.4. The number of thioether (sulfide) groups is 1. The van der Waals surface area contributed by atoms with Crippen molar-refractivity contribution in [1.82, 2.24) is 10.6 Å². The van der Waals surface area contributed by atoms with Gasteiger partial charge in [0.05, 0.1) is 4.91 Å². The fraction of sp³-hybridized carbons (Fsp3) is 0.0417. The van der Waals surface area contributed by atoms with Crippen molar-refractivity contribution in [2.24, 2.45) is 0 Å². The van der Waals surface area contributed by atoms with Crippen molar-refractivity contribution in [3.63, 3.8) is 0 Å². The third kappa shape index (κ3) is 5.40. The van der Waals surface area contributed by atoms with E-state index in [9.17, 15) is 14.4 Å². The number of carbonyl (C=O) groups is 3. The van der Waals surface area contributed by atoms with Crippen molar-refractivity contribution < 1.29 is 14.4 Å². The molecule has 0 aliphatic carbocycles. The van der Waals surface area contributed by atoms with Gasteiger partial charge >= 0.3 is 6.03 Å². The maximum absolute atomic E-state index is 12.1. The van der Waals surface area contributed by atoms with Gasteiger partial charge in [0.25, 0.3) is 11.1 Å². The minimum Gasteiger partial charge on any atom is -0.334 e. The second-order valence-corrected chi connectivity index (χ2v) is 7.86. The molecule has 0 unspecified atom stereocenters. The molecule has 0 spiro atoms. The smallest absolute Gasteiger partial charge is 0.319 e. The van der Waals surface area contributed by atoms with E-state index in [1.165, 1.54) is 0 Å². The molecule has 0 atom stereocenters. The predicted octanol–water partition coefficient (Wildman–Crippen LogP) is 5.00. The summed E-state index contributed by atoms with van der Waals surface area (Å²) in [6.45, 7) is 0.400. The van der Waals surface area contributed by atoms with E-state index in [0.29, 0.717) is 11.4 Å². The largest absolute Gasteiger partial charge is 0.334 e. The lowest BCUT2D eigenvalue weighted by Crippen LogP contribution is -2.28. The molecule has 3 aromatic rings. The normalized spacial score (nSPS) is 14.4. The number of para-hydroxylation sites is 1. The molecule has 1 aliphatic rings. The van der Waals surface area contributed by atoms with Gasteiger partial charge in [-0.3, -0.25) is 14.9 Å². The number of hydrogen-bond acceptors (Lipinski definition) is 4. The van der Waals surface area contributed by atoms with Crippen molar-refractivity contribution in [2.45, 2.75) is 6.54 Å². The molecule has 0 saturated carbocycles. The number of nitrogens with one attached hydrogen (secondary N) is 3. The van der Waals surface area contributed by atoms with Crippen molar-refractivity contribution in [3.8, 4) is 11.1 Å². The van der Waals surface area contributed by atoms with Crippen molar-refractivity contribution in [3.05, 3.63) is 94.9 Å². The summed E-state index contributed by atoms with van der Waals surface area (Å²) in [6, 6.07) is 24.7. The van der Waals surface area contributed by atoms with Crippen LogP contribution in [0.1, 0.15) is 11.1 Å². The van der Waals surface area contributed by atoms with E-state index < -0.39 is 0 Å². The van der Waals surface area contributed by atoms with Crippen LogP contribution in [0.15, 0.2) is 83.8 Å². The highest BCUT2D eigenvalue weighted by atomic mass is 32.2. The van der Waals surface area contributed by atoms with Crippen LogP contribution < -0.4 is 16.0 Å². The van der Waals surface area contributed by atoms with Crippen LogP contribution in [0, 0.1) is 0 Å². The highest BCUT2D eigenvalue weighted by Crippen LogP contribution is 2.27. The van der Waals surface area contributed by atoms with Gasteiger partial charge in [-0.25, -0.2) is 4.79 Å². The summed E-state index contributed by atoms with van der Waals surface area (Å²) >= 11 is 0.901. The number of imide groups is 1. The molecule has 3 aromatic carbocycles. The van der Waals surface area contributed by atoms with E-state index in [4.69, 9.17) is 0 Å². The zero-order valence-corrected chi connectivity index (χ0v) is 17.2. The summed E-state index contributed by atoms with van der Waals surface area (Å²) in [5.74, 6) is -0.365. The fourth-order valence-corrected chi connectivity index (χ4v) is 3.77. The first-order valence-electron chi connectivity index (χ1n) is 9.61. The average molecular weight is 430 g/mol. The summed E-state index contributed by atoms with van der Waals surface area (Å²) < 4.78 is 0. The fourth-order valence-electron chi connectivity index (χ4n) is 3.08. The maximum Gasteiger partial charge on any atom is 0.319 e. The SMILES string of the molecule is O=C(NCc1cccc(-c2ccc(C=C3SC(=O)NC3=O)cc2)c1)Nc1ccccc1. The topological polar surface area (TPSA) is 87.3 Å². The van der Waals surface area contributed by atoms with Gasteiger partial charge in [-0.15, -0.1) is 0 Å². The molecule has 1 heterocycles. The van der Waals surface area contributed by atoms with Gasteiger partial charge in [0.15, 0.2) is 0 Å². The van der Waals surface area contributed by atoms with Gasteiger partial charge in [0.2, 0.25) is 0 Å². The molecular formula is C24H19N3O3S. The molecule has 4 amide bonds. The standard InChI is InChI=1S/C24H19N3O3S/c28-22-21(31-24(30)27-22)14-16-9-11-18(12-10-16)19-6-4-5-17(13-19)15-25-23(29)26-20-7-2-1-3-8-20/h1-14H,15H2,(H2,25,26,29)(H,27,28,30). The Hall–Kier alpha value is -3.84. The molecule has 0 aromatic heterocycles. The highest BCUT2D eigenvalue weighted by molar-refractivity contribution is 8.18. The molecular weight excluding hydrogens is 410 g/mol. The van der Waals surface area contributed by atoms with Crippen LogP contribution in [0.5, 0.6) is 0 Å². The first kappa shape index (κ1) is 20.4. The quantitative estimate of drug-likeness (QED) is 0.498. The van der Waals surface area contributed by atoms with E-state index in [1.807, 2.05) is 78.9 Å². The minimum atomic E-state index is -0.365. The molecule has 1 saturated heterocycles. The van der Waals surface area contributed by atoms with Crippen molar-refractivity contribution >= 4 is 40.7 Å². The monoisotopic (exact) mass is 429 g/mol. The maximum atomic E-state index is 12.1. The van der Waals surface area contributed by atoms with Gasteiger partial charge in [0.1, 0.15) is 0 Å². The lowest BCUT2D eigenvalue weighted by Gasteiger charge is -2.09. The number of hydrogen-bond donors (Lipinski definition) is 3. The molecule has 1 aliphatic heterocycles. The number of carbonyl (C=O) groups excluding carboxylic acids is 3. The van der Waals surface area contributed by atoms with E-state index >= 15 is 0 Å². The Bertz CT molecular complexity index is 1160. The summed E-state index contributed by atoms with van der Waals surface area (Å²) in [5, 5.41) is 7.55. The zero-order chi connectivity index (χ0) is 21.6. The van der Waals surface area contributed by atoms with E-state index in [1.54, 1.807) is 6.08 Å². The van der Waals surface area contributed by atoms with Gasteiger partial charge in [-0.1, -0.05) is 60.7 Å². The van der Waals surface area contributed by atoms with E-state index in [0.717, 1.165) is 39.7 Å². The van der Waals surface area contributed by atoms with Gasteiger partial charge in [-0.2, -0.15) is 0 Å². The molecule has 1 fully saturated rings. The van der Waals surface area contributed by atoms with Crippen molar-refractivity contribution in [1.29, 1.82) is 0 Å². The number of anilines is 1. The molecule has 0 bridgehead atoms. The van der Waals surface area contributed by atoms with Gasteiger partial charge < -0.3 is 10.6 Å². The molecule has 4 rings (SSSR count). The van der Waals surface area contributed by atoms with Crippen LogP contribution in [0.3, 0.4) is 0 Å². The number of amides is 4. The Kier molecular flexibility index (Phi) is 6.14. The average Bonchev–Trinajstić information content (AvgIpc) is 3.10. The second kappa shape index (κ2) is 9.32. The Morgan fingerprint density at radius 2 is 1.68 bits per heavy atom. The Morgan fingerprint density at radius 1 is 0.903 bits per heavy atom. The van der Waals surface area contributed by atoms with Crippen LogP contribution in [-0.2, 0) is 11.3 Å². The summed E-state index contributed by atoms with van der Waals surface area (Å²) in [5.41, 5.74) is 4.58. The Morgan fingerprint density at radius 3 is 2.39 bits per heavy atom. The van der Waals surface area contributed by atoms with Crippen LogP contribution in [-0.4, -0.2) is 17.2 Å². The lowest BCUT2D eigenvalue weighted by atomic mass is 10.0. The van der Waals surface area contributed by atoms with Crippen LogP contribution in [0.2, 0.25) is 0 Å². The summed E-state index contributed by atoms with van der Waals surface area (Å²) in [6.07, 6.45) is 1.69. The first-order chi connectivity index (χ1) is 15.1. The van der Waals surface area contributed by atoms with E-state index in [2.05, 4.69) is 16.0 Å². The van der Waals surface area contributed by atoms with Crippen LogP contribution in [0.25, 0.3) is 17.2 Å². The number of rotatable bonds is 5. The first-order valence-corrected chi connectivity index (χ1v) is 10.4. The van der Waals surface area contributed by atoms with Crippen LogP contribution in [0.4, 0.5) is 15.3 Å².